The number of nitrogens with one attached hydrogen (secondary N) is 1. The summed E-state index contributed by atoms with van der Waals surface area (Å²) < 4.78 is 11.5. The summed E-state index contributed by atoms with van der Waals surface area (Å²) in [5, 5.41) is 3.80. The SMILES string of the molecule is CCCCc1cc(=O)n(Cc2ccc(-c3ccccc3-c3noc(=O)[nH]3)nc2)c(Cc2ncc(OC)cn2)n1. The molecule has 0 saturated heterocycles. The van der Waals surface area contributed by atoms with Crippen LogP contribution in [0.5, 0.6) is 5.75 Å². The lowest BCUT2D eigenvalue weighted by Gasteiger charge is -2.14. The van der Waals surface area contributed by atoms with Gasteiger partial charge in [-0.25, -0.2) is 19.7 Å². The molecule has 0 aliphatic heterocycles. The van der Waals surface area contributed by atoms with Crippen LogP contribution in [0.25, 0.3) is 22.6 Å². The van der Waals surface area contributed by atoms with Crippen LogP contribution in [0.2, 0.25) is 0 Å². The molecule has 4 heterocycles. The highest BCUT2D eigenvalue weighted by molar-refractivity contribution is 5.78. The average molecular weight is 526 g/mol. The van der Waals surface area contributed by atoms with E-state index in [0.717, 1.165) is 36.1 Å². The van der Waals surface area contributed by atoms with E-state index in [9.17, 15) is 9.59 Å². The van der Waals surface area contributed by atoms with Crippen molar-refractivity contribution in [1.29, 1.82) is 0 Å². The maximum atomic E-state index is 13.2. The third kappa shape index (κ3) is 5.98. The van der Waals surface area contributed by atoms with Gasteiger partial charge >= 0.3 is 5.76 Å². The monoisotopic (exact) mass is 525 g/mol. The zero-order chi connectivity index (χ0) is 27.2. The van der Waals surface area contributed by atoms with Crippen molar-refractivity contribution in [2.24, 2.45) is 0 Å². The second kappa shape index (κ2) is 11.6. The lowest BCUT2D eigenvalue weighted by molar-refractivity contribution is 0.388. The van der Waals surface area contributed by atoms with Gasteiger partial charge in [0, 0.05) is 29.1 Å². The molecule has 39 heavy (non-hydrogen) atoms. The predicted octanol–water partition coefficient (Wildman–Crippen LogP) is 3.43. The summed E-state index contributed by atoms with van der Waals surface area (Å²) in [4.78, 5) is 45.4. The molecule has 0 bridgehead atoms. The Labute approximate surface area is 223 Å². The molecule has 5 aromatic rings. The molecule has 11 heteroatoms. The quantitative estimate of drug-likeness (QED) is 0.290. The van der Waals surface area contributed by atoms with E-state index in [-0.39, 0.29) is 12.1 Å². The van der Waals surface area contributed by atoms with Gasteiger partial charge in [0.1, 0.15) is 11.6 Å². The molecule has 0 aliphatic rings. The van der Waals surface area contributed by atoms with Crippen LogP contribution < -0.4 is 16.1 Å². The van der Waals surface area contributed by atoms with Crippen LogP contribution in [0, 0.1) is 0 Å². The van der Waals surface area contributed by atoms with Crippen molar-refractivity contribution in [2.75, 3.05) is 7.11 Å². The number of aromatic nitrogens is 7. The van der Waals surface area contributed by atoms with Gasteiger partial charge < -0.3 is 4.74 Å². The molecule has 1 aromatic carbocycles. The predicted molar refractivity (Wildman–Crippen MR) is 143 cm³/mol. The first-order valence-corrected chi connectivity index (χ1v) is 12.6. The van der Waals surface area contributed by atoms with Crippen LogP contribution in [0.4, 0.5) is 0 Å². The van der Waals surface area contributed by atoms with Gasteiger partial charge in [0.05, 0.1) is 38.2 Å². The maximum absolute atomic E-state index is 13.2. The molecule has 0 aliphatic carbocycles. The van der Waals surface area contributed by atoms with Gasteiger partial charge in [-0.2, -0.15) is 0 Å². The Kier molecular flexibility index (Phi) is 7.67. The molecule has 0 atom stereocenters. The van der Waals surface area contributed by atoms with Gasteiger partial charge in [-0.1, -0.05) is 48.8 Å². The Bertz CT molecular complexity index is 1670. The molecule has 1 N–H and O–H groups in total. The van der Waals surface area contributed by atoms with Crippen LogP contribution in [0.3, 0.4) is 0 Å². The van der Waals surface area contributed by atoms with Crippen LogP contribution in [-0.4, -0.2) is 41.8 Å². The zero-order valence-corrected chi connectivity index (χ0v) is 21.6. The van der Waals surface area contributed by atoms with Crippen LogP contribution in [0.15, 0.2) is 75.2 Å². The fourth-order valence-electron chi connectivity index (χ4n) is 4.20. The number of aryl methyl sites for hydroxylation is 1. The van der Waals surface area contributed by atoms with E-state index >= 15 is 0 Å². The Morgan fingerprint density at radius 1 is 1.00 bits per heavy atom. The molecule has 5 rings (SSSR count). The van der Waals surface area contributed by atoms with Crippen molar-refractivity contribution >= 4 is 0 Å². The first-order valence-electron chi connectivity index (χ1n) is 12.6. The number of hydrogen-bond acceptors (Lipinski definition) is 9. The van der Waals surface area contributed by atoms with E-state index in [2.05, 4.69) is 36.5 Å². The van der Waals surface area contributed by atoms with Crippen LogP contribution >= 0.6 is 0 Å². The smallest absolute Gasteiger partial charge is 0.439 e. The Morgan fingerprint density at radius 3 is 2.46 bits per heavy atom. The zero-order valence-electron chi connectivity index (χ0n) is 21.6. The number of aromatic amines is 1. The molecule has 0 unspecified atom stereocenters. The van der Waals surface area contributed by atoms with E-state index in [1.807, 2.05) is 36.4 Å². The summed E-state index contributed by atoms with van der Waals surface area (Å²) in [6, 6.07) is 12.8. The number of rotatable bonds is 10. The number of H-pyrrole nitrogens is 1. The van der Waals surface area contributed by atoms with Crippen molar-refractivity contribution in [3.8, 4) is 28.4 Å². The number of methoxy groups -OCH3 is 1. The first-order chi connectivity index (χ1) is 19.0. The number of pyridine rings is 1. The van der Waals surface area contributed by atoms with E-state index in [1.54, 1.807) is 36.3 Å². The standard InChI is InChI=1S/C28H27N7O4/c1-3-4-7-19-12-26(36)35(25(32-19)13-24-30-15-20(38-2)16-31-24)17-18-10-11-23(29-14-18)21-8-5-6-9-22(21)27-33-28(37)39-34-27/h5-6,8-12,14-16H,3-4,7,13,17H2,1-2H3,(H,33,34,37). The highest BCUT2D eigenvalue weighted by atomic mass is 16.5. The van der Waals surface area contributed by atoms with Crippen molar-refractivity contribution in [3.63, 3.8) is 0 Å². The number of unbranched alkanes of at least 4 members (excludes halogenated alkanes) is 1. The van der Waals surface area contributed by atoms with Gasteiger partial charge in [0.15, 0.2) is 11.6 Å². The molecule has 0 fully saturated rings. The lowest BCUT2D eigenvalue weighted by atomic mass is 10.0. The fourth-order valence-corrected chi connectivity index (χ4v) is 4.20. The van der Waals surface area contributed by atoms with Gasteiger partial charge in [-0.05, 0) is 24.5 Å². The highest BCUT2D eigenvalue weighted by Gasteiger charge is 2.15. The third-order valence-corrected chi connectivity index (χ3v) is 6.22. The van der Waals surface area contributed by atoms with E-state index < -0.39 is 5.76 Å². The Morgan fingerprint density at radius 2 is 1.79 bits per heavy atom. The summed E-state index contributed by atoms with van der Waals surface area (Å²) in [5.74, 6) is 1.39. The number of hydrogen-bond donors (Lipinski definition) is 1. The summed E-state index contributed by atoms with van der Waals surface area (Å²) in [7, 11) is 1.56. The van der Waals surface area contributed by atoms with Crippen molar-refractivity contribution in [2.45, 2.75) is 39.2 Å². The summed E-state index contributed by atoms with van der Waals surface area (Å²) in [6.45, 7) is 2.39. The molecule has 0 radical (unpaired) electrons. The fraction of sp³-hybridized carbons (Fsp3) is 0.250. The summed E-state index contributed by atoms with van der Waals surface area (Å²) in [5.41, 5.74) is 3.61. The average Bonchev–Trinajstić information content (AvgIpc) is 3.40. The van der Waals surface area contributed by atoms with E-state index in [4.69, 9.17) is 9.72 Å². The minimum Gasteiger partial charge on any atom is -0.494 e. The molecule has 198 valence electrons. The Hall–Kier alpha value is -4.93. The molecule has 11 nitrogen and oxygen atoms in total. The van der Waals surface area contributed by atoms with Gasteiger partial charge in [-0.3, -0.25) is 23.9 Å². The van der Waals surface area contributed by atoms with Crippen molar-refractivity contribution in [3.05, 3.63) is 105 Å². The third-order valence-electron chi connectivity index (χ3n) is 6.22. The molecule has 4 aromatic heterocycles. The molecular formula is C28H27N7O4. The van der Waals surface area contributed by atoms with Crippen LogP contribution in [-0.2, 0) is 19.4 Å². The lowest BCUT2D eigenvalue weighted by Crippen LogP contribution is -2.27. The molecule has 0 saturated carbocycles. The topological polar surface area (TPSA) is 142 Å². The molecule has 0 spiro atoms. The second-order valence-electron chi connectivity index (χ2n) is 8.95. The second-order valence-corrected chi connectivity index (χ2v) is 8.95. The van der Waals surface area contributed by atoms with Gasteiger partial charge in [0.25, 0.3) is 5.56 Å². The molecule has 0 amide bonds. The normalized spacial score (nSPS) is 11.0. The minimum atomic E-state index is -0.626. The first kappa shape index (κ1) is 25.7. The van der Waals surface area contributed by atoms with Crippen molar-refractivity contribution in [1.82, 2.24) is 34.6 Å². The van der Waals surface area contributed by atoms with E-state index in [0.29, 0.717) is 40.9 Å². The summed E-state index contributed by atoms with van der Waals surface area (Å²) >= 11 is 0. The van der Waals surface area contributed by atoms with E-state index in [1.165, 1.54) is 0 Å². The Balaban J connectivity index is 1.45. The largest absolute Gasteiger partial charge is 0.494 e. The number of benzene rings is 1. The van der Waals surface area contributed by atoms with Crippen molar-refractivity contribution < 1.29 is 9.26 Å². The minimum absolute atomic E-state index is 0.135. The van der Waals surface area contributed by atoms with Gasteiger partial charge in [-0.15, -0.1) is 0 Å². The highest BCUT2D eigenvalue weighted by Crippen LogP contribution is 2.28. The van der Waals surface area contributed by atoms with Crippen LogP contribution in [0.1, 0.15) is 42.7 Å². The summed E-state index contributed by atoms with van der Waals surface area (Å²) in [6.07, 6.45) is 7.91. The number of ether oxygens (including phenoxy) is 1. The number of nitrogens with zero attached hydrogens (tertiary/aromatic N) is 6. The van der Waals surface area contributed by atoms with Gasteiger partial charge in [0.2, 0.25) is 0 Å². The molecular weight excluding hydrogens is 498 g/mol. The maximum Gasteiger partial charge on any atom is 0.439 e.